The van der Waals surface area contributed by atoms with Crippen molar-refractivity contribution in [3.8, 4) is 33.6 Å². The van der Waals surface area contributed by atoms with Gasteiger partial charge in [0.15, 0.2) is 5.82 Å². The Morgan fingerprint density at radius 1 is 1.04 bits per heavy atom. The Kier molecular flexibility index (Phi) is 15.7. The smallest absolute Gasteiger partial charge is 0.319 e. The van der Waals surface area contributed by atoms with E-state index in [1.54, 1.807) is 23.5 Å². The molecule has 78 heavy (non-hydrogen) atoms. The number of halogens is 2. The molecule has 4 aliphatic heterocycles. The number of aryl methyl sites for hydroxylation is 2. The summed E-state index contributed by atoms with van der Waals surface area (Å²) < 4.78 is 25.9. The number of anilines is 2. The molecule has 17 nitrogen and oxygen atoms in total. The molecule has 7 heterocycles. The highest BCUT2D eigenvalue weighted by atomic mass is 35.5. The van der Waals surface area contributed by atoms with Gasteiger partial charge >= 0.3 is 6.01 Å². The van der Waals surface area contributed by atoms with Crippen LogP contribution in [0, 0.1) is 36.4 Å². The summed E-state index contributed by atoms with van der Waals surface area (Å²) >= 11 is 8.68. The zero-order valence-electron chi connectivity index (χ0n) is 45.5. The number of carbonyl (C=O) groups is 3. The van der Waals surface area contributed by atoms with E-state index in [0.29, 0.717) is 60.3 Å². The predicted octanol–water partition coefficient (Wildman–Crippen LogP) is 8.10. The number of amides is 3. The fraction of sp³-hybridized carbons (Fsp3) is 0.500. The monoisotopic (exact) mass is 1100 g/mol. The van der Waals surface area contributed by atoms with Crippen LogP contribution in [0.3, 0.4) is 0 Å². The number of nitrogen functional groups attached to an aromatic ring is 1. The number of nitrogens with two attached hydrogens (primary N) is 1. The van der Waals surface area contributed by atoms with Gasteiger partial charge in [0.25, 0.3) is 0 Å². The minimum atomic E-state index is -0.930. The Morgan fingerprint density at radius 2 is 1.78 bits per heavy atom. The lowest BCUT2D eigenvalue weighted by molar-refractivity contribution is -0.144. The molecule has 0 aliphatic carbocycles. The molecule has 0 radical (unpaired) electrons. The van der Waals surface area contributed by atoms with Crippen molar-refractivity contribution in [2.24, 2.45) is 12.5 Å². The summed E-state index contributed by atoms with van der Waals surface area (Å²) in [5, 5.41) is 31.9. The number of hydrogen-bond donors (Lipinski definition) is 5. The van der Waals surface area contributed by atoms with Crippen LogP contribution in [0.25, 0.3) is 43.4 Å². The number of piperazine rings is 1. The molecule has 2 bridgehead atoms. The first kappa shape index (κ1) is 54.9. The third-order valence-corrected chi connectivity index (χ3v) is 17.8. The number of carbonyl (C=O) groups excluding carboxylic acids is 3. The van der Waals surface area contributed by atoms with E-state index in [1.165, 1.54) is 4.90 Å². The third-order valence-electron chi connectivity index (χ3n) is 16.5. The number of thiazole rings is 1. The van der Waals surface area contributed by atoms with Crippen LogP contribution in [0.15, 0.2) is 48.0 Å². The average Bonchev–Trinajstić information content (AvgIpc) is 4.31. The molecule has 3 aromatic heterocycles. The highest BCUT2D eigenvalue weighted by molar-refractivity contribution is 7.13. The van der Waals surface area contributed by atoms with Gasteiger partial charge in [0.05, 0.1) is 50.0 Å². The number of aliphatic hydroxyl groups excluding tert-OH is 1. The minimum absolute atomic E-state index is 0.0119. The fourth-order valence-corrected chi connectivity index (χ4v) is 13.3. The second-order valence-corrected chi connectivity index (χ2v) is 24.1. The van der Waals surface area contributed by atoms with Gasteiger partial charge in [0.2, 0.25) is 17.7 Å². The van der Waals surface area contributed by atoms with Crippen molar-refractivity contribution >= 4 is 74.0 Å². The lowest BCUT2D eigenvalue weighted by Gasteiger charge is -2.35. The van der Waals surface area contributed by atoms with Crippen LogP contribution in [0.4, 0.5) is 15.9 Å². The number of fused-ring (bicyclic) bond motifs is 4. The summed E-state index contributed by atoms with van der Waals surface area (Å²) in [6.45, 7) is 14.6. The second-order valence-electron chi connectivity index (χ2n) is 22.9. The van der Waals surface area contributed by atoms with Crippen LogP contribution in [0.2, 0.25) is 5.02 Å². The maximum Gasteiger partial charge on any atom is 0.319 e. The summed E-state index contributed by atoms with van der Waals surface area (Å²) in [7, 11) is 1.86. The van der Waals surface area contributed by atoms with Crippen LogP contribution < -0.4 is 31.3 Å². The first-order valence-electron chi connectivity index (χ1n) is 27.2. The molecule has 6 N–H and O–H groups in total. The van der Waals surface area contributed by atoms with Gasteiger partial charge < -0.3 is 45.9 Å². The van der Waals surface area contributed by atoms with Crippen molar-refractivity contribution in [1.82, 2.24) is 45.3 Å². The molecule has 2 unspecified atom stereocenters. The molecule has 4 fully saturated rings. The average molecular weight is 1100 g/mol. The quantitative estimate of drug-likeness (QED) is 0.0458. The van der Waals surface area contributed by atoms with E-state index in [-0.39, 0.29) is 95.3 Å². The molecule has 0 saturated carbocycles. The molecular formula is C58H70ClFN12O5S. The zero-order valence-corrected chi connectivity index (χ0v) is 47.0. The van der Waals surface area contributed by atoms with Crippen LogP contribution in [0.5, 0.6) is 6.01 Å². The van der Waals surface area contributed by atoms with E-state index >= 15 is 4.39 Å². The van der Waals surface area contributed by atoms with E-state index in [9.17, 15) is 24.8 Å². The maximum atomic E-state index is 17.6. The number of nitrogens with zero attached hydrogens (tertiary/aromatic N) is 8. The number of nitrogens with one attached hydrogen (secondary N) is 3. The number of hydrogen-bond acceptors (Lipinski definition) is 14. The first-order valence-corrected chi connectivity index (χ1v) is 28.5. The number of rotatable bonds is 16. The Hall–Kier alpha value is -6.43. The summed E-state index contributed by atoms with van der Waals surface area (Å²) in [5.74, 6) is -1.11. The number of aliphatic hydroxyl groups is 1. The topological polar surface area (TPSA) is 220 Å². The molecule has 0 spiro atoms. The normalized spacial score (nSPS) is 21.3. The van der Waals surface area contributed by atoms with Gasteiger partial charge in [-0.1, -0.05) is 56.6 Å². The van der Waals surface area contributed by atoms with Gasteiger partial charge in [-0.3, -0.25) is 19.3 Å². The first-order chi connectivity index (χ1) is 37.3. The predicted molar refractivity (Wildman–Crippen MR) is 303 cm³/mol. The van der Waals surface area contributed by atoms with E-state index in [0.717, 1.165) is 59.4 Å². The number of nitriles is 1. The summed E-state index contributed by atoms with van der Waals surface area (Å²) in [6.07, 6.45) is 4.60. The number of β-amino-alcohol motifs (C(OH)–C–C–N with tert-alkyl or cyclic N) is 1. The van der Waals surface area contributed by atoms with Crippen LogP contribution in [-0.4, -0.2) is 128 Å². The maximum absolute atomic E-state index is 17.6. The van der Waals surface area contributed by atoms with Crippen molar-refractivity contribution in [3.63, 3.8) is 0 Å². The van der Waals surface area contributed by atoms with Gasteiger partial charge in [-0.25, -0.2) is 9.37 Å². The Labute approximate surface area is 463 Å². The standard InChI is InChI=1S/C58H70ClFN12O5S/c1-31(34-13-15-35(16-14-34)52-32(2)63-30-78-52)64-55(75)45-23-39(73)28-72(45)56(76)53(58(4,5)6)66-46(74)12-8-9-21-70-22-10-11-38(70)29-77-57-67-51-40(54(68-57)71-26-36-17-18-37(27-71)65-36)24-42(59)49(50(51)60)47-33(3)69(7)44-20-19-43(62)41(25-61)48(44)47/h13-16,19-20,24,30-31,36-39,45,53,65,73H,8-12,17-18,21-23,26-29,62H2,1-7H3,(H,64,75)(H,66,74)/t31-,36?,37?,38-,39+,45-,53+/m0/s1. The van der Waals surface area contributed by atoms with Gasteiger partial charge in [-0.15, -0.1) is 11.3 Å². The fourth-order valence-electron chi connectivity index (χ4n) is 12.2. The number of likely N-dealkylation sites (tertiary alicyclic amines) is 2. The molecule has 3 aromatic carbocycles. The highest BCUT2D eigenvalue weighted by Crippen LogP contribution is 2.45. The summed E-state index contributed by atoms with van der Waals surface area (Å²) in [6, 6.07) is 13.9. The second kappa shape index (κ2) is 22.4. The van der Waals surface area contributed by atoms with Crippen molar-refractivity contribution in [2.75, 3.05) is 50.0 Å². The highest BCUT2D eigenvalue weighted by Gasteiger charge is 2.45. The van der Waals surface area contributed by atoms with Gasteiger partial charge in [0, 0.05) is 85.2 Å². The number of ether oxygens (including phenoxy) is 1. The van der Waals surface area contributed by atoms with Crippen LogP contribution >= 0.6 is 22.9 Å². The number of unbranched alkanes of at least 4 members (excludes halogenated alkanes) is 1. The Morgan fingerprint density at radius 3 is 2.47 bits per heavy atom. The number of aromatic nitrogens is 4. The Balaban J connectivity index is 0.784. The third kappa shape index (κ3) is 10.9. The zero-order chi connectivity index (χ0) is 55.3. The lowest BCUT2D eigenvalue weighted by atomic mass is 9.85. The number of benzene rings is 3. The molecule has 3 amide bonds. The van der Waals surface area contributed by atoms with Crippen LogP contribution in [0.1, 0.15) is 108 Å². The molecular weight excluding hydrogens is 1030 g/mol. The largest absolute Gasteiger partial charge is 0.462 e. The van der Waals surface area contributed by atoms with E-state index in [2.05, 4.69) is 36.8 Å². The minimum Gasteiger partial charge on any atom is -0.462 e. The van der Waals surface area contributed by atoms with Crippen molar-refractivity contribution in [2.45, 2.75) is 135 Å². The van der Waals surface area contributed by atoms with Crippen molar-refractivity contribution < 1.29 is 28.6 Å². The van der Waals surface area contributed by atoms with Gasteiger partial charge in [-0.2, -0.15) is 15.2 Å². The van der Waals surface area contributed by atoms with Gasteiger partial charge in [0.1, 0.15) is 36.1 Å². The molecule has 412 valence electrons. The molecule has 6 aromatic rings. The lowest BCUT2D eigenvalue weighted by Crippen LogP contribution is -2.57. The summed E-state index contributed by atoms with van der Waals surface area (Å²) in [4.78, 5) is 63.0. The van der Waals surface area contributed by atoms with E-state index in [1.807, 2.05) is 89.0 Å². The Bertz CT molecular complexity index is 3310. The van der Waals surface area contributed by atoms with Crippen molar-refractivity contribution in [3.05, 3.63) is 81.3 Å². The molecule has 4 saturated heterocycles. The van der Waals surface area contributed by atoms with Gasteiger partial charge in [-0.05, 0) is 107 Å². The summed E-state index contributed by atoms with van der Waals surface area (Å²) in [5.41, 5.74) is 13.0. The van der Waals surface area contributed by atoms with E-state index in [4.69, 9.17) is 32.0 Å². The molecule has 7 atom stereocenters. The molecule has 10 rings (SSSR count). The van der Waals surface area contributed by atoms with E-state index < -0.39 is 35.3 Å². The molecule has 4 aliphatic rings. The van der Waals surface area contributed by atoms with Crippen molar-refractivity contribution in [1.29, 1.82) is 5.26 Å². The van der Waals surface area contributed by atoms with Crippen LogP contribution in [-0.2, 0) is 21.4 Å². The molecule has 20 heteroatoms. The SMILES string of the molecule is Cc1ncsc1-c1ccc([C@H](C)NC(=O)[C@@H]2C[C@@H](O)CN2C(=O)[C@@H](NC(=O)CCCCN2CCC[C@H]2COc2nc(N3CC4CCC(C3)N4)c3cc(Cl)c(-c4c(C)n(C)c5ccc(N)c(C#N)c45)c(F)c3n2)C(C)(C)C)cc1.